The lowest BCUT2D eigenvalue weighted by Gasteiger charge is -2.20. The maximum atomic E-state index is 9.96. The normalized spacial score (nSPS) is 18.7. The molecule has 0 saturated heterocycles. The molecule has 1 atom stereocenters. The summed E-state index contributed by atoms with van der Waals surface area (Å²) in [5.41, 5.74) is 4.28. The third-order valence-corrected chi connectivity index (χ3v) is 3.67. The Kier molecular flexibility index (Phi) is 2.94. The van der Waals surface area contributed by atoms with E-state index in [2.05, 4.69) is 4.57 Å². The van der Waals surface area contributed by atoms with Crippen LogP contribution in [0.1, 0.15) is 35.8 Å². The van der Waals surface area contributed by atoms with Crippen LogP contribution in [0.5, 0.6) is 0 Å². The fraction of sp³-hybridized carbons (Fsp3) is 0.333. The summed E-state index contributed by atoms with van der Waals surface area (Å²) >= 11 is 0. The van der Waals surface area contributed by atoms with Crippen LogP contribution in [0.25, 0.3) is 5.69 Å². The third kappa shape index (κ3) is 1.85. The minimum absolute atomic E-state index is 0.0722. The fourth-order valence-electron chi connectivity index (χ4n) is 2.67. The van der Waals surface area contributed by atoms with Crippen molar-refractivity contribution in [2.24, 2.45) is 0 Å². The van der Waals surface area contributed by atoms with Gasteiger partial charge in [-0.25, -0.2) is 0 Å². The highest BCUT2D eigenvalue weighted by atomic mass is 16.3. The summed E-state index contributed by atoms with van der Waals surface area (Å²) in [6.07, 6.45) is 4.62. The SMILES string of the molecule is OCc1ccc(-n2ccc3c2CCCC3O)cc1. The predicted octanol–water partition coefficient (Wildman–Crippen LogP) is 2.34. The summed E-state index contributed by atoms with van der Waals surface area (Å²) in [7, 11) is 0. The highest BCUT2D eigenvalue weighted by Crippen LogP contribution is 2.31. The van der Waals surface area contributed by atoms with Crippen molar-refractivity contribution < 1.29 is 10.2 Å². The lowest BCUT2D eigenvalue weighted by Crippen LogP contribution is -2.10. The first-order chi connectivity index (χ1) is 8.79. The fourth-order valence-corrected chi connectivity index (χ4v) is 2.67. The first kappa shape index (κ1) is 11.5. The van der Waals surface area contributed by atoms with E-state index in [9.17, 15) is 5.11 Å². The van der Waals surface area contributed by atoms with Gasteiger partial charge in [0.15, 0.2) is 0 Å². The van der Waals surface area contributed by atoms with Gasteiger partial charge in [-0.3, -0.25) is 0 Å². The summed E-state index contributed by atoms with van der Waals surface area (Å²) in [5.74, 6) is 0. The molecule has 1 aliphatic carbocycles. The standard InChI is InChI=1S/C15H17NO2/c17-10-11-4-6-12(7-5-11)16-9-8-13-14(16)2-1-3-15(13)18/h4-9,15,17-18H,1-3,10H2. The number of hydrogen-bond donors (Lipinski definition) is 2. The van der Waals surface area contributed by atoms with Crippen LogP contribution in [-0.2, 0) is 13.0 Å². The average molecular weight is 243 g/mol. The third-order valence-electron chi connectivity index (χ3n) is 3.67. The van der Waals surface area contributed by atoms with Crippen molar-refractivity contribution in [2.75, 3.05) is 0 Å². The number of hydrogen-bond acceptors (Lipinski definition) is 2. The summed E-state index contributed by atoms with van der Waals surface area (Å²) in [4.78, 5) is 0. The van der Waals surface area contributed by atoms with Gasteiger partial charge in [0, 0.05) is 23.1 Å². The number of benzene rings is 1. The highest BCUT2D eigenvalue weighted by molar-refractivity contribution is 5.41. The summed E-state index contributed by atoms with van der Waals surface area (Å²) in [6, 6.07) is 9.89. The molecule has 0 amide bonds. The van der Waals surface area contributed by atoms with E-state index in [-0.39, 0.29) is 12.7 Å². The minimum Gasteiger partial charge on any atom is -0.392 e. The van der Waals surface area contributed by atoms with Gasteiger partial charge >= 0.3 is 0 Å². The van der Waals surface area contributed by atoms with Gasteiger partial charge in [0.1, 0.15) is 0 Å². The van der Waals surface area contributed by atoms with Gasteiger partial charge in [-0.15, -0.1) is 0 Å². The molecule has 1 aromatic carbocycles. The van der Waals surface area contributed by atoms with Gasteiger partial charge in [-0.05, 0) is 43.0 Å². The second-order valence-electron chi connectivity index (χ2n) is 4.82. The maximum absolute atomic E-state index is 9.96. The van der Waals surface area contributed by atoms with E-state index in [1.54, 1.807) is 0 Å². The molecule has 0 fully saturated rings. The molecule has 1 aliphatic rings. The number of aliphatic hydroxyl groups is 2. The van der Waals surface area contributed by atoms with E-state index in [0.29, 0.717) is 0 Å². The molecule has 0 aliphatic heterocycles. The maximum Gasteiger partial charge on any atom is 0.0807 e. The minimum atomic E-state index is -0.313. The van der Waals surface area contributed by atoms with Crippen LogP contribution >= 0.6 is 0 Å². The predicted molar refractivity (Wildman–Crippen MR) is 69.6 cm³/mol. The van der Waals surface area contributed by atoms with Gasteiger partial charge in [-0.2, -0.15) is 0 Å². The van der Waals surface area contributed by atoms with Gasteiger partial charge in [0.05, 0.1) is 12.7 Å². The number of nitrogens with zero attached hydrogens (tertiary/aromatic N) is 1. The molecule has 94 valence electrons. The summed E-state index contributed by atoms with van der Waals surface area (Å²) in [5, 5.41) is 19.0. The quantitative estimate of drug-likeness (QED) is 0.850. The molecule has 3 rings (SSSR count). The highest BCUT2D eigenvalue weighted by Gasteiger charge is 2.21. The van der Waals surface area contributed by atoms with Crippen molar-refractivity contribution in [2.45, 2.75) is 32.0 Å². The lowest BCUT2D eigenvalue weighted by molar-refractivity contribution is 0.156. The van der Waals surface area contributed by atoms with Crippen LogP contribution in [0.15, 0.2) is 36.5 Å². The van der Waals surface area contributed by atoms with Crippen molar-refractivity contribution in [1.29, 1.82) is 0 Å². The van der Waals surface area contributed by atoms with Crippen LogP contribution < -0.4 is 0 Å². The van der Waals surface area contributed by atoms with Gasteiger partial charge in [0.25, 0.3) is 0 Å². The molecular formula is C15H17NO2. The monoisotopic (exact) mass is 243 g/mol. The molecule has 1 heterocycles. The number of aromatic nitrogens is 1. The first-order valence-electron chi connectivity index (χ1n) is 6.38. The molecule has 3 nitrogen and oxygen atoms in total. The zero-order valence-electron chi connectivity index (χ0n) is 10.2. The van der Waals surface area contributed by atoms with Crippen LogP contribution in [0.4, 0.5) is 0 Å². The summed E-state index contributed by atoms with van der Waals surface area (Å²) in [6.45, 7) is 0.0722. The second kappa shape index (κ2) is 4.59. The Labute approximate surface area is 106 Å². The lowest BCUT2D eigenvalue weighted by atomic mass is 9.95. The topological polar surface area (TPSA) is 45.4 Å². The van der Waals surface area contributed by atoms with Crippen LogP contribution in [-0.4, -0.2) is 14.8 Å². The zero-order valence-corrected chi connectivity index (χ0v) is 10.2. The first-order valence-corrected chi connectivity index (χ1v) is 6.38. The van der Waals surface area contributed by atoms with E-state index in [1.165, 1.54) is 5.69 Å². The van der Waals surface area contributed by atoms with Crippen molar-refractivity contribution >= 4 is 0 Å². The second-order valence-corrected chi connectivity index (χ2v) is 4.82. The summed E-state index contributed by atoms with van der Waals surface area (Å²) < 4.78 is 2.14. The van der Waals surface area contributed by atoms with E-state index in [1.807, 2.05) is 36.5 Å². The molecule has 0 bridgehead atoms. The molecule has 2 N–H and O–H groups in total. The van der Waals surface area contributed by atoms with Gasteiger partial charge < -0.3 is 14.8 Å². The Balaban J connectivity index is 2.01. The molecule has 1 unspecified atom stereocenters. The Morgan fingerprint density at radius 1 is 1.17 bits per heavy atom. The number of aliphatic hydroxyl groups excluding tert-OH is 2. The van der Waals surface area contributed by atoms with Crippen LogP contribution in [0, 0.1) is 0 Å². The number of rotatable bonds is 2. The van der Waals surface area contributed by atoms with E-state index < -0.39 is 0 Å². The molecular weight excluding hydrogens is 226 g/mol. The van der Waals surface area contributed by atoms with Crippen molar-refractivity contribution in [3.63, 3.8) is 0 Å². The van der Waals surface area contributed by atoms with Crippen molar-refractivity contribution in [1.82, 2.24) is 4.57 Å². The molecule has 1 aromatic heterocycles. The van der Waals surface area contributed by atoms with Gasteiger partial charge in [0.2, 0.25) is 0 Å². The largest absolute Gasteiger partial charge is 0.392 e. The van der Waals surface area contributed by atoms with E-state index in [4.69, 9.17) is 5.11 Å². The Morgan fingerprint density at radius 2 is 1.94 bits per heavy atom. The molecule has 0 spiro atoms. The smallest absolute Gasteiger partial charge is 0.0807 e. The zero-order chi connectivity index (χ0) is 12.5. The van der Waals surface area contributed by atoms with Crippen molar-refractivity contribution in [3.8, 4) is 5.69 Å². The van der Waals surface area contributed by atoms with E-state index >= 15 is 0 Å². The van der Waals surface area contributed by atoms with Crippen LogP contribution in [0.3, 0.4) is 0 Å². The average Bonchev–Trinajstić information content (AvgIpc) is 2.84. The van der Waals surface area contributed by atoms with E-state index in [0.717, 1.165) is 36.1 Å². The van der Waals surface area contributed by atoms with Crippen LogP contribution in [0.2, 0.25) is 0 Å². The van der Waals surface area contributed by atoms with Gasteiger partial charge in [-0.1, -0.05) is 12.1 Å². The Hall–Kier alpha value is -1.58. The molecule has 2 aromatic rings. The number of fused-ring (bicyclic) bond motifs is 1. The Morgan fingerprint density at radius 3 is 2.67 bits per heavy atom. The van der Waals surface area contributed by atoms with Crippen molar-refractivity contribution in [3.05, 3.63) is 53.3 Å². The molecule has 0 saturated carbocycles. The molecule has 0 radical (unpaired) electrons. The molecule has 3 heteroatoms. The molecule has 18 heavy (non-hydrogen) atoms. The Bertz CT molecular complexity index is 542.